The van der Waals surface area contributed by atoms with Crippen molar-refractivity contribution in [3.63, 3.8) is 0 Å². The molecule has 7 rings (SSSR count). The van der Waals surface area contributed by atoms with Crippen molar-refractivity contribution in [2.45, 2.75) is 38.3 Å². The molecule has 1 fully saturated rings. The first-order chi connectivity index (χ1) is 25.0. The van der Waals surface area contributed by atoms with Crippen molar-refractivity contribution in [3.05, 3.63) is 100 Å². The number of anilines is 5. The first kappa shape index (κ1) is 37.5. The summed E-state index contributed by atoms with van der Waals surface area (Å²) in [5.74, 6) is 1.04. The van der Waals surface area contributed by atoms with E-state index in [-0.39, 0.29) is 11.4 Å². The van der Waals surface area contributed by atoms with Crippen LogP contribution in [0.1, 0.15) is 48.2 Å². The number of nitrogens with one attached hydrogen (secondary N) is 2. The zero-order valence-electron chi connectivity index (χ0n) is 28.3. The molecule has 1 aliphatic heterocycles. The maximum atomic E-state index is 13.1. The van der Waals surface area contributed by atoms with Gasteiger partial charge >= 0.3 is 12.4 Å². The van der Waals surface area contributed by atoms with Gasteiger partial charge in [-0.2, -0.15) is 36.5 Å². The lowest BCUT2D eigenvalue weighted by molar-refractivity contribution is -0.138. The molecular weight excluding hydrogens is 772 g/mol. The van der Waals surface area contributed by atoms with E-state index in [0.29, 0.717) is 41.5 Å². The number of nitrogen functional groups attached to an aromatic ring is 2. The minimum Gasteiger partial charge on any atom is -0.399 e. The Morgan fingerprint density at radius 3 is 1.66 bits per heavy atom. The van der Waals surface area contributed by atoms with Crippen LogP contribution in [0.2, 0.25) is 0 Å². The molecule has 0 radical (unpaired) electrons. The van der Waals surface area contributed by atoms with Gasteiger partial charge in [0.25, 0.3) is 0 Å². The van der Waals surface area contributed by atoms with Crippen LogP contribution in [-0.4, -0.2) is 55.5 Å². The second kappa shape index (κ2) is 15.0. The van der Waals surface area contributed by atoms with Gasteiger partial charge in [0.05, 0.1) is 48.3 Å². The predicted molar refractivity (Wildman–Crippen MR) is 192 cm³/mol. The number of benzene rings is 2. The SMILES string of the molecule is C[C@@H](Nc1ncnn2cc(Br)cc12)c1cc(N)cc(C(F)(F)F)c1.C[C@@H](Nc1ncnn2cc(N3CCOCC3)cc12)c1cc(N)cc(C(F)(F)F)c1. The van der Waals surface area contributed by atoms with E-state index in [1.165, 1.54) is 24.8 Å². The number of nitrogens with zero attached hydrogens (tertiary/aromatic N) is 7. The van der Waals surface area contributed by atoms with E-state index in [9.17, 15) is 26.3 Å². The Labute approximate surface area is 307 Å². The van der Waals surface area contributed by atoms with E-state index in [2.05, 4.69) is 51.6 Å². The zero-order valence-corrected chi connectivity index (χ0v) is 29.8. The number of halogens is 7. The standard InChI is InChI=1S/C19H21F3N6O.C15H13BrF3N5/c1-12(13-6-14(19(20,21)22)8-15(23)7-13)26-18-17-9-16(10-28(17)25-11-24-18)27-2-4-29-5-3-27;1-8(9-2-10(15(17,18)19)4-12(20)3-9)23-14-13-5-11(16)6-24(13)22-7-21-14/h6-12H,2-5,23H2,1H3,(H,24,25,26);2-8H,20H2,1H3,(H,21,22,23)/t12-;8-/m11/s1. The molecule has 12 nitrogen and oxygen atoms in total. The van der Waals surface area contributed by atoms with Gasteiger partial charge in [0.2, 0.25) is 0 Å². The van der Waals surface area contributed by atoms with Crippen LogP contribution in [0.15, 0.2) is 78.1 Å². The number of nitrogens with two attached hydrogens (primary N) is 2. The molecule has 6 aromatic rings. The molecule has 4 aromatic heterocycles. The molecule has 280 valence electrons. The number of hydrogen-bond acceptors (Lipinski definition) is 10. The van der Waals surface area contributed by atoms with Crippen LogP contribution in [0.5, 0.6) is 0 Å². The normalized spacial score (nSPS) is 14.8. The Morgan fingerprint density at radius 2 is 1.17 bits per heavy atom. The van der Waals surface area contributed by atoms with Crippen molar-refractivity contribution in [3.8, 4) is 0 Å². The monoisotopic (exact) mass is 805 g/mol. The topological polar surface area (TPSA) is 149 Å². The quantitative estimate of drug-likeness (QED) is 0.0939. The molecule has 2 atom stereocenters. The Kier molecular flexibility index (Phi) is 10.6. The zero-order chi connectivity index (χ0) is 38.1. The highest BCUT2D eigenvalue weighted by Gasteiger charge is 2.32. The lowest BCUT2D eigenvalue weighted by Crippen LogP contribution is -2.35. The number of aromatic nitrogens is 6. The van der Waals surface area contributed by atoms with Crippen LogP contribution in [0.3, 0.4) is 0 Å². The maximum absolute atomic E-state index is 13.1. The Morgan fingerprint density at radius 1 is 0.698 bits per heavy atom. The fourth-order valence-electron chi connectivity index (χ4n) is 5.79. The van der Waals surface area contributed by atoms with Crippen LogP contribution in [0.4, 0.5) is 55.0 Å². The number of morpholine rings is 1. The van der Waals surface area contributed by atoms with E-state index in [1.54, 1.807) is 29.1 Å². The third-order valence-corrected chi connectivity index (χ3v) is 8.89. The molecule has 0 unspecified atom stereocenters. The van der Waals surface area contributed by atoms with E-state index in [0.717, 1.165) is 53.0 Å². The van der Waals surface area contributed by atoms with Gasteiger partial charge in [-0.15, -0.1) is 0 Å². The summed E-state index contributed by atoms with van der Waals surface area (Å²) in [5, 5.41) is 14.6. The molecule has 0 bridgehead atoms. The number of alkyl halides is 6. The van der Waals surface area contributed by atoms with Gasteiger partial charge < -0.3 is 31.7 Å². The molecule has 1 saturated heterocycles. The van der Waals surface area contributed by atoms with Gasteiger partial charge in [-0.1, -0.05) is 0 Å². The van der Waals surface area contributed by atoms with Gasteiger partial charge in [0, 0.05) is 35.1 Å². The van der Waals surface area contributed by atoms with Crippen molar-refractivity contribution in [2.75, 3.05) is 53.3 Å². The van der Waals surface area contributed by atoms with Crippen molar-refractivity contribution >= 4 is 55.7 Å². The molecular formula is C34H34BrF6N11O. The molecule has 2 aromatic carbocycles. The average molecular weight is 807 g/mol. The highest BCUT2D eigenvalue weighted by Crippen LogP contribution is 2.35. The highest BCUT2D eigenvalue weighted by atomic mass is 79.9. The Balaban J connectivity index is 0.000000185. The van der Waals surface area contributed by atoms with Crippen LogP contribution in [0.25, 0.3) is 11.0 Å². The van der Waals surface area contributed by atoms with Gasteiger partial charge in [-0.25, -0.2) is 19.0 Å². The lowest BCUT2D eigenvalue weighted by Gasteiger charge is -2.27. The number of ether oxygens (including phenoxy) is 1. The summed E-state index contributed by atoms with van der Waals surface area (Å²) in [6, 6.07) is 9.98. The molecule has 0 spiro atoms. The van der Waals surface area contributed by atoms with Crippen LogP contribution < -0.4 is 27.0 Å². The fraction of sp³-hybridized carbons (Fsp3) is 0.294. The van der Waals surface area contributed by atoms with Crippen molar-refractivity contribution in [1.29, 1.82) is 0 Å². The van der Waals surface area contributed by atoms with Crippen molar-refractivity contribution in [2.24, 2.45) is 0 Å². The number of hydrogen-bond donors (Lipinski definition) is 4. The summed E-state index contributed by atoms with van der Waals surface area (Å²) >= 11 is 3.35. The first-order valence-electron chi connectivity index (χ1n) is 16.2. The molecule has 19 heteroatoms. The van der Waals surface area contributed by atoms with E-state index >= 15 is 0 Å². The van der Waals surface area contributed by atoms with Gasteiger partial charge in [0.15, 0.2) is 11.6 Å². The fourth-order valence-corrected chi connectivity index (χ4v) is 6.20. The third kappa shape index (κ3) is 8.85. The van der Waals surface area contributed by atoms with Gasteiger partial charge in [-0.05, 0) is 89.4 Å². The number of fused-ring (bicyclic) bond motifs is 2. The highest BCUT2D eigenvalue weighted by molar-refractivity contribution is 9.10. The summed E-state index contributed by atoms with van der Waals surface area (Å²) < 4.78 is 87.7. The summed E-state index contributed by atoms with van der Waals surface area (Å²) in [5.41, 5.74) is 13.2. The van der Waals surface area contributed by atoms with E-state index < -0.39 is 35.6 Å². The molecule has 53 heavy (non-hydrogen) atoms. The van der Waals surface area contributed by atoms with Crippen molar-refractivity contribution < 1.29 is 31.1 Å². The summed E-state index contributed by atoms with van der Waals surface area (Å²) in [7, 11) is 0. The molecule has 0 amide bonds. The molecule has 0 saturated carbocycles. The van der Waals surface area contributed by atoms with Gasteiger partial charge in [-0.3, -0.25) is 0 Å². The Bertz CT molecular complexity index is 2220. The van der Waals surface area contributed by atoms with Gasteiger partial charge in [0.1, 0.15) is 23.7 Å². The van der Waals surface area contributed by atoms with E-state index in [1.807, 2.05) is 18.3 Å². The smallest absolute Gasteiger partial charge is 0.399 e. The minimum absolute atomic E-state index is 0.0618. The third-order valence-electron chi connectivity index (χ3n) is 8.46. The summed E-state index contributed by atoms with van der Waals surface area (Å²) in [6.45, 7) is 6.40. The van der Waals surface area contributed by atoms with Crippen LogP contribution >= 0.6 is 15.9 Å². The maximum Gasteiger partial charge on any atom is 0.416 e. The summed E-state index contributed by atoms with van der Waals surface area (Å²) in [4.78, 5) is 10.6. The number of rotatable bonds is 7. The minimum atomic E-state index is -4.46. The second-order valence-corrected chi connectivity index (χ2v) is 13.3. The first-order valence-corrected chi connectivity index (χ1v) is 17.0. The van der Waals surface area contributed by atoms with Crippen LogP contribution in [-0.2, 0) is 17.1 Å². The predicted octanol–water partition coefficient (Wildman–Crippen LogP) is 7.61. The molecule has 1 aliphatic rings. The Hall–Kier alpha value is -5.30. The second-order valence-electron chi connectivity index (χ2n) is 12.3. The largest absolute Gasteiger partial charge is 0.416 e. The van der Waals surface area contributed by atoms with Crippen LogP contribution in [0, 0.1) is 0 Å². The van der Waals surface area contributed by atoms with E-state index in [4.69, 9.17) is 16.2 Å². The van der Waals surface area contributed by atoms with Crippen molar-refractivity contribution in [1.82, 2.24) is 29.2 Å². The molecule has 5 heterocycles. The lowest BCUT2D eigenvalue weighted by atomic mass is 10.0. The molecule has 0 aliphatic carbocycles. The molecule has 6 N–H and O–H groups in total. The summed E-state index contributed by atoms with van der Waals surface area (Å²) in [6.07, 6.45) is -2.46. The average Bonchev–Trinajstić information content (AvgIpc) is 3.72.